The van der Waals surface area contributed by atoms with Gasteiger partial charge in [-0.05, 0) is 49.8 Å². The van der Waals surface area contributed by atoms with E-state index in [0.29, 0.717) is 18.4 Å². The van der Waals surface area contributed by atoms with Gasteiger partial charge in [0.25, 0.3) is 0 Å². The fourth-order valence-electron chi connectivity index (χ4n) is 3.47. The molecule has 3 rings (SSSR count). The van der Waals surface area contributed by atoms with Crippen LogP contribution in [0.25, 0.3) is 0 Å². The van der Waals surface area contributed by atoms with Gasteiger partial charge in [0.15, 0.2) is 0 Å². The summed E-state index contributed by atoms with van der Waals surface area (Å²) in [6.07, 6.45) is 3.57. The molecule has 1 aromatic heterocycles. The predicted octanol–water partition coefficient (Wildman–Crippen LogP) is 4.61. The molecule has 2 heterocycles. The Morgan fingerprint density at radius 2 is 2.12 bits per heavy atom. The van der Waals surface area contributed by atoms with Gasteiger partial charge in [0.05, 0.1) is 11.2 Å². The van der Waals surface area contributed by atoms with Crippen LogP contribution in [0.3, 0.4) is 0 Å². The van der Waals surface area contributed by atoms with Crippen molar-refractivity contribution in [1.82, 2.24) is 9.88 Å². The first-order chi connectivity index (χ1) is 12.5. The van der Waals surface area contributed by atoms with Crippen LogP contribution in [0.1, 0.15) is 55.2 Å². The van der Waals surface area contributed by atoms with E-state index in [4.69, 9.17) is 0 Å². The number of likely N-dealkylation sites (tertiary alicyclic amines) is 1. The summed E-state index contributed by atoms with van der Waals surface area (Å²) in [5.41, 5.74) is 5.43. The van der Waals surface area contributed by atoms with Gasteiger partial charge >= 0.3 is 0 Å². The number of rotatable bonds is 6. The Labute approximate surface area is 160 Å². The Morgan fingerprint density at radius 1 is 1.35 bits per heavy atom. The van der Waals surface area contributed by atoms with Crippen molar-refractivity contribution < 1.29 is 4.79 Å². The molecule has 5 heteroatoms. The molecule has 26 heavy (non-hydrogen) atoms. The van der Waals surface area contributed by atoms with Crippen molar-refractivity contribution in [2.24, 2.45) is 0 Å². The summed E-state index contributed by atoms with van der Waals surface area (Å²) in [6, 6.07) is 9.03. The number of piperidine rings is 1. The maximum absolute atomic E-state index is 12.6. The topological polar surface area (TPSA) is 45.2 Å². The van der Waals surface area contributed by atoms with Crippen molar-refractivity contribution in [2.45, 2.75) is 58.4 Å². The van der Waals surface area contributed by atoms with Gasteiger partial charge in [-0.1, -0.05) is 26.0 Å². The molecule has 0 bridgehead atoms. The third-order valence-electron chi connectivity index (χ3n) is 5.13. The van der Waals surface area contributed by atoms with E-state index < -0.39 is 0 Å². The van der Waals surface area contributed by atoms with E-state index in [0.717, 1.165) is 43.7 Å². The van der Waals surface area contributed by atoms with E-state index in [1.165, 1.54) is 10.4 Å². The average molecular weight is 372 g/mol. The van der Waals surface area contributed by atoms with Crippen LogP contribution in [0.5, 0.6) is 0 Å². The van der Waals surface area contributed by atoms with Gasteiger partial charge in [0.2, 0.25) is 5.91 Å². The summed E-state index contributed by atoms with van der Waals surface area (Å²) in [6.45, 7) is 8.11. The van der Waals surface area contributed by atoms with Crippen LogP contribution in [0.4, 0.5) is 5.69 Å². The number of nitrogens with zero attached hydrogens (tertiary/aromatic N) is 2. The lowest BCUT2D eigenvalue weighted by Gasteiger charge is -2.34. The van der Waals surface area contributed by atoms with Gasteiger partial charge in [0.1, 0.15) is 0 Å². The van der Waals surface area contributed by atoms with Crippen LogP contribution in [-0.4, -0.2) is 34.9 Å². The van der Waals surface area contributed by atoms with Crippen LogP contribution >= 0.6 is 11.3 Å². The fraction of sp³-hybridized carbons (Fsp3) is 0.524. The summed E-state index contributed by atoms with van der Waals surface area (Å²) in [4.78, 5) is 20.1. The summed E-state index contributed by atoms with van der Waals surface area (Å²) in [5.74, 6) is 0.813. The van der Waals surface area contributed by atoms with Gasteiger partial charge in [-0.2, -0.15) is 0 Å². The molecular weight excluding hydrogens is 342 g/mol. The number of thiazole rings is 1. The monoisotopic (exact) mass is 371 g/mol. The average Bonchev–Trinajstić information content (AvgIpc) is 3.05. The van der Waals surface area contributed by atoms with Crippen molar-refractivity contribution in [2.75, 3.05) is 18.4 Å². The SMILES string of the molecule is Cc1ncsc1CCC(=O)N1CCC[C@@H](Nc2ccc(C(C)C)cc2)C1. The second-order valence-electron chi connectivity index (χ2n) is 7.46. The molecule has 0 aliphatic carbocycles. The van der Waals surface area contributed by atoms with Gasteiger partial charge in [-0.3, -0.25) is 4.79 Å². The summed E-state index contributed by atoms with van der Waals surface area (Å²) >= 11 is 1.65. The molecule has 1 atom stereocenters. The van der Waals surface area contributed by atoms with Crippen LogP contribution < -0.4 is 5.32 Å². The number of anilines is 1. The first kappa shape index (κ1) is 18.9. The van der Waals surface area contributed by atoms with E-state index in [1.54, 1.807) is 11.3 Å². The number of nitrogens with one attached hydrogen (secondary N) is 1. The molecule has 140 valence electrons. The Bertz CT molecular complexity index is 723. The normalized spacial score (nSPS) is 17.5. The van der Waals surface area contributed by atoms with Crippen molar-refractivity contribution >= 4 is 22.9 Å². The highest BCUT2D eigenvalue weighted by Gasteiger charge is 2.23. The molecule has 1 aliphatic rings. The zero-order valence-corrected chi connectivity index (χ0v) is 16.8. The molecule has 1 aliphatic heterocycles. The van der Waals surface area contributed by atoms with E-state index in [-0.39, 0.29) is 5.91 Å². The first-order valence-corrected chi connectivity index (χ1v) is 10.4. The van der Waals surface area contributed by atoms with Gasteiger partial charge in [0, 0.05) is 36.1 Å². The molecule has 0 radical (unpaired) electrons. The van der Waals surface area contributed by atoms with Crippen molar-refractivity contribution in [3.8, 4) is 0 Å². The highest BCUT2D eigenvalue weighted by molar-refractivity contribution is 7.09. The van der Waals surface area contributed by atoms with Gasteiger partial charge in [-0.25, -0.2) is 4.98 Å². The number of carbonyl (C=O) groups is 1. The number of hydrogen-bond donors (Lipinski definition) is 1. The number of hydrogen-bond acceptors (Lipinski definition) is 4. The molecule has 0 unspecified atom stereocenters. The summed E-state index contributed by atoms with van der Waals surface area (Å²) in [5, 5.41) is 3.61. The highest BCUT2D eigenvalue weighted by Crippen LogP contribution is 2.21. The van der Waals surface area contributed by atoms with Crippen LogP contribution in [0.2, 0.25) is 0 Å². The number of carbonyl (C=O) groups excluding carboxylic acids is 1. The predicted molar refractivity (Wildman–Crippen MR) is 109 cm³/mol. The molecule has 1 amide bonds. The van der Waals surface area contributed by atoms with E-state index >= 15 is 0 Å². The minimum absolute atomic E-state index is 0.263. The smallest absolute Gasteiger partial charge is 0.223 e. The minimum atomic E-state index is 0.263. The third-order valence-corrected chi connectivity index (χ3v) is 6.13. The Balaban J connectivity index is 1.51. The van der Waals surface area contributed by atoms with Crippen LogP contribution in [0, 0.1) is 6.92 Å². The van der Waals surface area contributed by atoms with Crippen molar-refractivity contribution in [1.29, 1.82) is 0 Å². The third kappa shape index (κ3) is 4.85. The van der Waals surface area contributed by atoms with E-state index in [2.05, 4.69) is 48.4 Å². The van der Waals surface area contributed by atoms with Crippen LogP contribution in [0.15, 0.2) is 29.8 Å². The Morgan fingerprint density at radius 3 is 2.77 bits per heavy atom. The molecular formula is C21H29N3OS. The lowest BCUT2D eigenvalue weighted by atomic mass is 10.0. The zero-order valence-electron chi connectivity index (χ0n) is 16.0. The molecule has 0 spiro atoms. The zero-order chi connectivity index (χ0) is 18.5. The van der Waals surface area contributed by atoms with Gasteiger partial charge < -0.3 is 10.2 Å². The molecule has 0 saturated carbocycles. The van der Waals surface area contributed by atoms with Crippen LogP contribution in [-0.2, 0) is 11.2 Å². The molecule has 1 saturated heterocycles. The van der Waals surface area contributed by atoms with Crippen molar-refractivity contribution in [3.05, 3.63) is 45.9 Å². The molecule has 4 nitrogen and oxygen atoms in total. The largest absolute Gasteiger partial charge is 0.381 e. The molecule has 1 fully saturated rings. The summed E-state index contributed by atoms with van der Waals surface area (Å²) < 4.78 is 0. The van der Waals surface area contributed by atoms with E-state index in [9.17, 15) is 4.79 Å². The number of aromatic nitrogens is 1. The van der Waals surface area contributed by atoms with Crippen molar-refractivity contribution in [3.63, 3.8) is 0 Å². The Hall–Kier alpha value is -1.88. The molecule has 1 N–H and O–H groups in total. The lowest BCUT2D eigenvalue weighted by Crippen LogP contribution is -2.45. The maximum atomic E-state index is 12.6. The lowest BCUT2D eigenvalue weighted by molar-refractivity contribution is -0.132. The fourth-order valence-corrected chi connectivity index (χ4v) is 4.25. The number of benzene rings is 1. The highest BCUT2D eigenvalue weighted by atomic mass is 32.1. The summed E-state index contributed by atoms with van der Waals surface area (Å²) in [7, 11) is 0. The van der Waals surface area contributed by atoms with Gasteiger partial charge in [-0.15, -0.1) is 11.3 Å². The quantitative estimate of drug-likeness (QED) is 0.806. The number of amides is 1. The van der Waals surface area contributed by atoms with E-state index in [1.807, 2.05) is 17.3 Å². The second kappa shape index (κ2) is 8.67. The standard InChI is InChI=1S/C21H29N3OS/c1-15(2)17-6-8-18(9-7-17)23-19-5-4-12-24(13-19)21(25)11-10-20-16(3)22-14-26-20/h6-9,14-15,19,23H,4-5,10-13H2,1-3H3/t19-/m1/s1. The Kier molecular flexibility index (Phi) is 6.30. The minimum Gasteiger partial charge on any atom is -0.381 e. The molecule has 1 aromatic carbocycles. The molecule has 2 aromatic rings. The first-order valence-electron chi connectivity index (χ1n) is 9.56. The second-order valence-corrected chi connectivity index (χ2v) is 8.40. The number of aryl methyl sites for hydroxylation is 2. The maximum Gasteiger partial charge on any atom is 0.223 e.